The van der Waals surface area contributed by atoms with Gasteiger partial charge in [0.05, 0.1) is 18.1 Å². The Labute approximate surface area is 138 Å². The molecule has 0 aromatic carbocycles. The van der Waals surface area contributed by atoms with Gasteiger partial charge in [-0.25, -0.2) is 8.42 Å². The van der Waals surface area contributed by atoms with Crippen molar-refractivity contribution < 1.29 is 13.2 Å². The summed E-state index contributed by atoms with van der Waals surface area (Å²) in [6, 6.07) is 3.86. The van der Waals surface area contributed by atoms with Gasteiger partial charge in [-0.1, -0.05) is 6.92 Å². The van der Waals surface area contributed by atoms with Gasteiger partial charge in [-0.2, -0.15) is 0 Å². The molecule has 1 aliphatic heterocycles. The molecule has 1 fully saturated rings. The van der Waals surface area contributed by atoms with E-state index in [2.05, 4.69) is 4.98 Å². The van der Waals surface area contributed by atoms with E-state index in [4.69, 9.17) is 0 Å². The van der Waals surface area contributed by atoms with E-state index < -0.39 is 9.84 Å². The van der Waals surface area contributed by atoms with Gasteiger partial charge >= 0.3 is 0 Å². The first-order valence-corrected chi connectivity index (χ1v) is 9.81. The number of rotatable bonds is 7. The highest BCUT2D eigenvalue weighted by Gasteiger charge is 2.32. The van der Waals surface area contributed by atoms with Crippen LogP contribution in [0, 0.1) is 0 Å². The summed E-state index contributed by atoms with van der Waals surface area (Å²) in [6.07, 6.45) is 4.91. The van der Waals surface area contributed by atoms with Crippen LogP contribution in [-0.4, -0.2) is 73.3 Å². The Morgan fingerprint density at radius 2 is 2.04 bits per heavy atom. The number of hydrogen-bond acceptors (Lipinski definition) is 5. The number of carbonyl (C=O) groups excluding carboxylic acids is 1. The Morgan fingerprint density at radius 1 is 1.35 bits per heavy atom. The summed E-state index contributed by atoms with van der Waals surface area (Å²) in [6.45, 7) is 3.58. The minimum absolute atomic E-state index is 0.0254. The molecule has 0 spiro atoms. The zero-order chi connectivity index (χ0) is 16.9. The second-order valence-corrected chi connectivity index (χ2v) is 8.27. The van der Waals surface area contributed by atoms with E-state index in [9.17, 15) is 13.2 Å². The Balaban J connectivity index is 1.84. The van der Waals surface area contributed by atoms with Crippen LogP contribution in [0.15, 0.2) is 24.5 Å². The molecular weight excluding hydrogens is 314 g/mol. The molecule has 1 saturated heterocycles. The molecule has 1 aromatic rings. The number of nitrogens with zero attached hydrogens (tertiary/aromatic N) is 3. The van der Waals surface area contributed by atoms with Crippen molar-refractivity contribution in [2.75, 3.05) is 38.2 Å². The summed E-state index contributed by atoms with van der Waals surface area (Å²) in [5, 5.41) is 0. The van der Waals surface area contributed by atoms with Crippen molar-refractivity contribution in [3.05, 3.63) is 30.1 Å². The molecule has 0 saturated carbocycles. The molecule has 1 amide bonds. The van der Waals surface area contributed by atoms with Crippen LogP contribution in [0.3, 0.4) is 0 Å². The quantitative estimate of drug-likeness (QED) is 0.727. The number of pyridine rings is 1. The normalized spacial score (nSPS) is 19.9. The highest BCUT2D eigenvalue weighted by atomic mass is 32.2. The fraction of sp³-hybridized carbons (Fsp3) is 0.625. The molecule has 0 bridgehead atoms. The van der Waals surface area contributed by atoms with Gasteiger partial charge in [0.15, 0.2) is 9.84 Å². The SMILES string of the molecule is CCN(CC(=O)N(C)CCc1ccncc1)C1CCS(=O)(=O)C1. The molecule has 0 N–H and O–H groups in total. The first kappa shape index (κ1) is 17.9. The van der Waals surface area contributed by atoms with E-state index in [1.807, 2.05) is 24.0 Å². The summed E-state index contributed by atoms with van der Waals surface area (Å²) in [5.41, 5.74) is 1.15. The molecule has 2 rings (SSSR count). The van der Waals surface area contributed by atoms with E-state index in [0.29, 0.717) is 19.5 Å². The lowest BCUT2D eigenvalue weighted by molar-refractivity contribution is -0.131. The van der Waals surface area contributed by atoms with Crippen molar-refractivity contribution in [3.63, 3.8) is 0 Å². The van der Waals surface area contributed by atoms with Gasteiger partial charge < -0.3 is 4.90 Å². The van der Waals surface area contributed by atoms with Crippen LogP contribution < -0.4 is 0 Å². The summed E-state index contributed by atoms with van der Waals surface area (Å²) in [7, 11) is -1.13. The van der Waals surface area contributed by atoms with Crippen molar-refractivity contribution in [2.24, 2.45) is 0 Å². The molecule has 6 nitrogen and oxygen atoms in total. The van der Waals surface area contributed by atoms with Crippen molar-refractivity contribution in [3.8, 4) is 0 Å². The van der Waals surface area contributed by atoms with E-state index in [1.165, 1.54) is 0 Å². The molecular formula is C16H25N3O3S. The standard InChI is InChI=1S/C16H25N3O3S/c1-3-19(15-7-11-23(21,22)13-15)12-16(20)18(2)10-6-14-4-8-17-9-5-14/h4-5,8-9,15H,3,6-7,10-13H2,1-2H3. The average Bonchev–Trinajstić information content (AvgIpc) is 2.90. The zero-order valence-corrected chi connectivity index (χ0v) is 14.6. The molecule has 0 aliphatic carbocycles. The van der Waals surface area contributed by atoms with Crippen LogP contribution in [0.25, 0.3) is 0 Å². The molecule has 0 radical (unpaired) electrons. The maximum atomic E-state index is 12.4. The third-order valence-corrected chi connectivity index (χ3v) is 6.13. The zero-order valence-electron chi connectivity index (χ0n) is 13.8. The fourth-order valence-corrected chi connectivity index (χ4v) is 4.59. The lowest BCUT2D eigenvalue weighted by Gasteiger charge is -2.28. The fourth-order valence-electron chi connectivity index (χ4n) is 2.83. The van der Waals surface area contributed by atoms with Crippen LogP contribution in [0.1, 0.15) is 18.9 Å². The summed E-state index contributed by atoms with van der Waals surface area (Å²) in [4.78, 5) is 20.0. The van der Waals surface area contributed by atoms with E-state index in [0.717, 1.165) is 12.0 Å². The molecule has 128 valence electrons. The largest absolute Gasteiger partial charge is 0.344 e. The first-order valence-electron chi connectivity index (χ1n) is 7.98. The Morgan fingerprint density at radius 3 is 2.61 bits per heavy atom. The lowest BCUT2D eigenvalue weighted by Crippen LogP contribution is -2.44. The lowest BCUT2D eigenvalue weighted by atomic mass is 10.2. The molecule has 1 aliphatic rings. The van der Waals surface area contributed by atoms with Crippen molar-refractivity contribution in [2.45, 2.75) is 25.8 Å². The van der Waals surface area contributed by atoms with Gasteiger partial charge in [0.1, 0.15) is 0 Å². The van der Waals surface area contributed by atoms with E-state index in [-0.39, 0.29) is 30.0 Å². The molecule has 1 aromatic heterocycles. The molecule has 23 heavy (non-hydrogen) atoms. The van der Waals surface area contributed by atoms with Crippen LogP contribution in [0.4, 0.5) is 0 Å². The maximum absolute atomic E-state index is 12.4. The first-order chi connectivity index (χ1) is 10.9. The molecule has 2 heterocycles. The average molecular weight is 339 g/mol. The summed E-state index contributed by atoms with van der Waals surface area (Å²) in [5.74, 6) is 0.444. The third-order valence-electron chi connectivity index (χ3n) is 4.38. The Kier molecular flexibility index (Phi) is 6.12. The number of sulfone groups is 1. The predicted octanol–water partition coefficient (Wildman–Crippen LogP) is 0.592. The molecule has 7 heteroatoms. The number of aromatic nitrogens is 1. The minimum atomic E-state index is -2.93. The van der Waals surface area contributed by atoms with E-state index >= 15 is 0 Å². The highest BCUT2D eigenvalue weighted by molar-refractivity contribution is 7.91. The van der Waals surface area contributed by atoms with Crippen LogP contribution in [0.2, 0.25) is 0 Å². The smallest absolute Gasteiger partial charge is 0.236 e. The maximum Gasteiger partial charge on any atom is 0.236 e. The molecule has 1 atom stereocenters. The van der Waals surface area contributed by atoms with Crippen LogP contribution in [0.5, 0.6) is 0 Å². The highest BCUT2D eigenvalue weighted by Crippen LogP contribution is 2.17. The Bertz CT molecular complexity index is 619. The van der Waals surface area contributed by atoms with Crippen molar-refractivity contribution in [1.29, 1.82) is 0 Å². The van der Waals surface area contributed by atoms with Crippen LogP contribution in [-0.2, 0) is 21.1 Å². The van der Waals surface area contributed by atoms with Crippen molar-refractivity contribution in [1.82, 2.24) is 14.8 Å². The second-order valence-electron chi connectivity index (χ2n) is 6.04. The van der Waals surface area contributed by atoms with E-state index in [1.54, 1.807) is 24.3 Å². The minimum Gasteiger partial charge on any atom is -0.344 e. The third kappa shape index (κ3) is 5.28. The monoisotopic (exact) mass is 339 g/mol. The topological polar surface area (TPSA) is 70.6 Å². The summed E-state index contributed by atoms with van der Waals surface area (Å²) < 4.78 is 23.2. The predicted molar refractivity (Wildman–Crippen MR) is 89.9 cm³/mol. The summed E-state index contributed by atoms with van der Waals surface area (Å²) >= 11 is 0. The van der Waals surface area contributed by atoms with Gasteiger partial charge in [-0.15, -0.1) is 0 Å². The van der Waals surface area contributed by atoms with Gasteiger partial charge in [0.25, 0.3) is 0 Å². The Hall–Kier alpha value is -1.47. The molecule has 1 unspecified atom stereocenters. The van der Waals surface area contributed by atoms with Gasteiger partial charge in [-0.05, 0) is 37.1 Å². The van der Waals surface area contributed by atoms with Gasteiger partial charge in [0, 0.05) is 32.0 Å². The number of likely N-dealkylation sites (N-methyl/N-ethyl adjacent to an activating group) is 2. The number of hydrogen-bond donors (Lipinski definition) is 0. The van der Waals surface area contributed by atoms with Gasteiger partial charge in [0.2, 0.25) is 5.91 Å². The number of carbonyl (C=O) groups is 1. The second kappa shape index (κ2) is 7.88. The van der Waals surface area contributed by atoms with Crippen LogP contribution >= 0.6 is 0 Å². The number of amides is 1. The van der Waals surface area contributed by atoms with Crippen molar-refractivity contribution >= 4 is 15.7 Å². The van der Waals surface area contributed by atoms with Gasteiger partial charge in [-0.3, -0.25) is 14.7 Å².